The summed E-state index contributed by atoms with van der Waals surface area (Å²) in [5.74, 6) is 0.491. The summed E-state index contributed by atoms with van der Waals surface area (Å²) in [6.07, 6.45) is 2.91. The van der Waals surface area contributed by atoms with Crippen molar-refractivity contribution in [1.82, 2.24) is 9.88 Å². The second-order valence-electron chi connectivity index (χ2n) is 7.37. The minimum absolute atomic E-state index is 0.00788. The van der Waals surface area contributed by atoms with Crippen LogP contribution in [0.5, 0.6) is 0 Å². The van der Waals surface area contributed by atoms with Crippen LogP contribution in [-0.2, 0) is 22.6 Å². The summed E-state index contributed by atoms with van der Waals surface area (Å²) < 4.78 is 12.1. The first-order valence-corrected chi connectivity index (χ1v) is 9.13. The quantitative estimate of drug-likeness (QED) is 0.810. The lowest BCUT2D eigenvalue weighted by atomic mass is 9.81. The summed E-state index contributed by atoms with van der Waals surface area (Å²) >= 11 is 0. The van der Waals surface area contributed by atoms with Gasteiger partial charge in [-0.05, 0) is 31.0 Å². The highest BCUT2D eigenvalue weighted by Gasteiger charge is 2.52. The molecule has 0 amide bonds. The number of benzene rings is 1. The topological polar surface area (TPSA) is 34.6 Å². The van der Waals surface area contributed by atoms with Gasteiger partial charge in [-0.1, -0.05) is 35.9 Å². The van der Waals surface area contributed by atoms with Gasteiger partial charge in [-0.2, -0.15) is 0 Å². The highest BCUT2D eigenvalue weighted by atomic mass is 16.5. The molecule has 0 bridgehead atoms. The molecule has 4 rings (SSSR count). The average Bonchev–Trinajstić information content (AvgIpc) is 2.99. The molecule has 4 heteroatoms. The van der Waals surface area contributed by atoms with Gasteiger partial charge in [0, 0.05) is 38.4 Å². The van der Waals surface area contributed by atoms with E-state index < -0.39 is 0 Å². The van der Waals surface area contributed by atoms with Crippen LogP contribution in [0.3, 0.4) is 0 Å². The maximum atomic E-state index is 6.15. The molecule has 0 saturated carbocycles. The molecule has 2 aliphatic rings. The first-order chi connectivity index (χ1) is 12.2. The number of rotatable bonds is 6. The maximum Gasteiger partial charge on any atom is 0.0985 e. The van der Waals surface area contributed by atoms with Gasteiger partial charge in [-0.15, -0.1) is 0 Å². The number of aryl methyl sites for hydroxylation is 1. The normalized spacial score (nSPS) is 22.2. The van der Waals surface area contributed by atoms with Crippen LogP contribution in [-0.4, -0.2) is 41.8 Å². The summed E-state index contributed by atoms with van der Waals surface area (Å²) in [4.78, 5) is 6.79. The molecule has 1 aromatic heterocycles. The zero-order valence-corrected chi connectivity index (χ0v) is 14.9. The van der Waals surface area contributed by atoms with Gasteiger partial charge in [0.25, 0.3) is 0 Å². The molecule has 0 radical (unpaired) electrons. The van der Waals surface area contributed by atoms with E-state index in [1.54, 1.807) is 0 Å². The Hall–Kier alpha value is -1.75. The Morgan fingerprint density at radius 1 is 1.24 bits per heavy atom. The van der Waals surface area contributed by atoms with E-state index in [-0.39, 0.29) is 5.60 Å². The van der Waals surface area contributed by atoms with Crippen LogP contribution in [0.1, 0.15) is 23.2 Å². The van der Waals surface area contributed by atoms with E-state index in [0.717, 1.165) is 45.0 Å². The Morgan fingerprint density at radius 2 is 2.16 bits per heavy atom. The van der Waals surface area contributed by atoms with Crippen LogP contribution in [0.4, 0.5) is 0 Å². The van der Waals surface area contributed by atoms with Gasteiger partial charge in [0.05, 0.1) is 24.5 Å². The zero-order valence-electron chi connectivity index (χ0n) is 14.9. The number of hydrogen-bond acceptors (Lipinski definition) is 4. The third-order valence-electron chi connectivity index (χ3n) is 5.37. The van der Waals surface area contributed by atoms with Crippen molar-refractivity contribution < 1.29 is 9.47 Å². The number of pyridine rings is 1. The monoisotopic (exact) mass is 338 g/mol. The molecule has 1 atom stereocenters. The zero-order chi connectivity index (χ0) is 17.1. The summed E-state index contributed by atoms with van der Waals surface area (Å²) in [6.45, 7) is 7.38. The molecule has 0 unspecified atom stereocenters. The molecule has 2 fully saturated rings. The van der Waals surface area contributed by atoms with E-state index in [1.807, 2.05) is 24.4 Å². The second-order valence-corrected chi connectivity index (χ2v) is 7.37. The number of hydrogen-bond donors (Lipinski definition) is 0. The van der Waals surface area contributed by atoms with Crippen molar-refractivity contribution in [3.05, 3.63) is 65.5 Å². The fraction of sp³-hybridized carbons (Fsp3) is 0.476. The predicted molar refractivity (Wildman–Crippen MR) is 97.1 cm³/mol. The van der Waals surface area contributed by atoms with Crippen LogP contribution in [0.15, 0.2) is 48.7 Å². The van der Waals surface area contributed by atoms with Crippen LogP contribution < -0.4 is 0 Å². The largest absolute Gasteiger partial charge is 0.375 e. The fourth-order valence-electron chi connectivity index (χ4n) is 4.05. The Balaban J connectivity index is 1.27. The van der Waals surface area contributed by atoms with E-state index in [2.05, 4.69) is 41.1 Å². The minimum atomic E-state index is 0.00788. The summed E-state index contributed by atoms with van der Waals surface area (Å²) in [6, 6.07) is 14.7. The van der Waals surface area contributed by atoms with Crippen molar-refractivity contribution in [2.75, 3.05) is 26.3 Å². The summed E-state index contributed by atoms with van der Waals surface area (Å²) in [5.41, 5.74) is 3.71. The Morgan fingerprint density at radius 3 is 2.96 bits per heavy atom. The molecule has 1 aromatic carbocycles. The highest BCUT2D eigenvalue weighted by molar-refractivity contribution is 5.23. The number of ether oxygens (including phenoxy) is 2. The lowest BCUT2D eigenvalue weighted by Crippen LogP contribution is -2.64. The maximum absolute atomic E-state index is 6.15. The molecule has 2 aromatic rings. The molecular formula is C21H26N2O2. The van der Waals surface area contributed by atoms with Gasteiger partial charge < -0.3 is 9.47 Å². The molecule has 2 saturated heterocycles. The Labute approximate surface area is 149 Å². The molecule has 4 nitrogen and oxygen atoms in total. The number of aromatic nitrogens is 1. The lowest BCUT2D eigenvalue weighted by molar-refractivity contribution is -0.146. The van der Waals surface area contributed by atoms with Crippen LogP contribution in [0, 0.1) is 12.8 Å². The summed E-state index contributed by atoms with van der Waals surface area (Å²) in [5, 5.41) is 0. The first kappa shape index (κ1) is 16.7. The molecule has 0 aliphatic carbocycles. The van der Waals surface area contributed by atoms with Crippen LogP contribution in [0.25, 0.3) is 0 Å². The van der Waals surface area contributed by atoms with Crippen molar-refractivity contribution in [1.29, 1.82) is 0 Å². The van der Waals surface area contributed by atoms with Crippen molar-refractivity contribution in [2.24, 2.45) is 5.92 Å². The molecule has 1 spiro atoms. The fourth-order valence-corrected chi connectivity index (χ4v) is 4.05. The van der Waals surface area contributed by atoms with Crippen molar-refractivity contribution >= 4 is 0 Å². The predicted octanol–water partition coefficient (Wildman–Crippen LogP) is 3.20. The van der Waals surface area contributed by atoms with Gasteiger partial charge in [-0.25, -0.2) is 0 Å². The molecule has 25 heavy (non-hydrogen) atoms. The van der Waals surface area contributed by atoms with Crippen LogP contribution in [0.2, 0.25) is 0 Å². The Bertz CT molecular complexity index is 698. The SMILES string of the molecule is Cc1cccc(CN2CC3(C2)OCC[C@H]3COCc2ccccn2)c1. The number of likely N-dealkylation sites (tertiary alicyclic amines) is 1. The molecule has 3 heterocycles. The third-order valence-corrected chi connectivity index (χ3v) is 5.37. The van der Waals surface area contributed by atoms with E-state index in [0.29, 0.717) is 12.5 Å². The highest BCUT2D eigenvalue weighted by Crippen LogP contribution is 2.40. The van der Waals surface area contributed by atoms with Gasteiger partial charge in [0.1, 0.15) is 0 Å². The molecule has 2 aliphatic heterocycles. The standard InChI is InChI=1S/C21H26N2O2/c1-17-5-4-6-18(11-17)12-23-15-21(16-23)19(8-10-25-21)13-24-14-20-7-2-3-9-22-20/h2-7,9,11,19H,8,10,12-16H2,1H3/t19-/m0/s1. The van der Waals surface area contributed by atoms with E-state index in [4.69, 9.17) is 9.47 Å². The van der Waals surface area contributed by atoms with Gasteiger partial charge >= 0.3 is 0 Å². The Kier molecular flexibility index (Phi) is 4.84. The average molecular weight is 338 g/mol. The van der Waals surface area contributed by atoms with Gasteiger partial charge in [0.2, 0.25) is 0 Å². The van der Waals surface area contributed by atoms with Crippen molar-refractivity contribution in [3.8, 4) is 0 Å². The van der Waals surface area contributed by atoms with Gasteiger partial charge in [0.15, 0.2) is 0 Å². The third kappa shape index (κ3) is 3.76. The molecule has 0 N–H and O–H groups in total. The summed E-state index contributed by atoms with van der Waals surface area (Å²) in [7, 11) is 0. The van der Waals surface area contributed by atoms with E-state index in [9.17, 15) is 0 Å². The number of nitrogens with zero attached hydrogens (tertiary/aromatic N) is 2. The van der Waals surface area contributed by atoms with E-state index >= 15 is 0 Å². The van der Waals surface area contributed by atoms with E-state index in [1.165, 1.54) is 11.1 Å². The van der Waals surface area contributed by atoms with Crippen LogP contribution >= 0.6 is 0 Å². The first-order valence-electron chi connectivity index (χ1n) is 9.13. The minimum Gasteiger partial charge on any atom is -0.375 e. The van der Waals surface area contributed by atoms with Crippen molar-refractivity contribution in [2.45, 2.75) is 32.1 Å². The smallest absolute Gasteiger partial charge is 0.0985 e. The lowest BCUT2D eigenvalue weighted by Gasteiger charge is -2.50. The van der Waals surface area contributed by atoms with Gasteiger partial charge in [-0.3, -0.25) is 9.88 Å². The van der Waals surface area contributed by atoms with Crippen molar-refractivity contribution in [3.63, 3.8) is 0 Å². The molecule has 132 valence electrons. The molecular weight excluding hydrogens is 312 g/mol. The second kappa shape index (κ2) is 7.24.